The minimum atomic E-state index is 0.123. The van der Waals surface area contributed by atoms with Gasteiger partial charge >= 0.3 is 0 Å². The van der Waals surface area contributed by atoms with Crippen molar-refractivity contribution in [2.45, 2.75) is 78.7 Å². The molecule has 4 aliphatic rings. The molecule has 0 aromatic carbocycles. The number of hydrogen-bond acceptors (Lipinski definition) is 2. The first kappa shape index (κ1) is 18.0. The number of allylic oxidation sites excluding steroid dienone is 6. The van der Waals surface area contributed by atoms with Crippen molar-refractivity contribution < 1.29 is 0 Å². The topological polar surface area (TPSA) is 0 Å². The highest BCUT2D eigenvalue weighted by molar-refractivity contribution is 8.09. The smallest absolute Gasteiger partial charge is 0.0615 e. The quantitative estimate of drug-likeness (QED) is 0.431. The van der Waals surface area contributed by atoms with Crippen LogP contribution < -0.4 is 0 Å². The van der Waals surface area contributed by atoms with Gasteiger partial charge in [-0.25, -0.2) is 0 Å². The van der Waals surface area contributed by atoms with Crippen LogP contribution in [0.3, 0.4) is 0 Å². The van der Waals surface area contributed by atoms with Crippen molar-refractivity contribution in [1.29, 1.82) is 0 Å². The molecule has 2 heteroatoms. The molecule has 0 bridgehead atoms. The molecule has 1 fully saturated rings. The largest absolute Gasteiger partial charge is 0.118 e. The van der Waals surface area contributed by atoms with Gasteiger partial charge in [0.15, 0.2) is 0 Å². The molecule has 25 heavy (non-hydrogen) atoms. The summed E-state index contributed by atoms with van der Waals surface area (Å²) in [5, 5.41) is 0. The summed E-state index contributed by atoms with van der Waals surface area (Å²) in [4.78, 5) is 2.94. The monoisotopic (exact) mass is 372 g/mol. The van der Waals surface area contributed by atoms with Crippen molar-refractivity contribution >= 4 is 23.5 Å². The summed E-state index contributed by atoms with van der Waals surface area (Å²) in [5.74, 6) is 0. The summed E-state index contributed by atoms with van der Waals surface area (Å²) in [6.07, 6.45) is 5.02. The van der Waals surface area contributed by atoms with Gasteiger partial charge < -0.3 is 0 Å². The zero-order valence-corrected chi connectivity index (χ0v) is 19.1. The van der Waals surface area contributed by atoms with Crippen molar-refractivity contribution in [3.63, 3.8) is 0 Å². The molecule has 136 valence electrons. The molecule has 2 heterocycles. The van der Waals surface area contributed by atoms with Crippen LogP contribution in [0.15, 0.2) is 44.3 Å². The van der Waals surface area contributed by atoms with Gasteiger partial charge in [-0.3, -0.25) is 0 Å². The SMILES string of the molecule is CC1=CC2=C3C(=C4C=C(C)SC4(C)C2(C)S1)C(C)(C)C(C)(C)C3(C)C. The van der Waals surface area contributed by atoms with E-state index in [0.29, 0.717) is 0 Å². The molecule has 0 N–H and O–H groups in total. The Morgan fingerprint density at radius 3 is 1.24 bits per heavy atom. The Labute approximate surface area is 162 Å². The van der Waals surface area contributed by atoms with Crippen LogP contribution in [0.2, 0.25) is 0 Å². The van der Waals surface area contributed by atoms with E-state index in [1.54, 1.807) is 22.3 Å². The van der Waals surface area contributed by atoms with Crippen molar-refractivity contribution in [3.05, 3.63) is 44.3 Å². The Balaban J connectivity index is 2.20. The second kappa shape index (κ2) is 4.55. The lowest BCUT2D eigenvalue weighted by Gasteiger charge is -2.49. The van der Waals surface area contributed by atoms with E-state index < -0.39 is 0 Å². The zero-order chi connectivity index (χ0) is 18.8. The summed E-state index contributed by atoms with van der Waals surface area (Å²) in [6.45, 7) is 24.5. The first-order valence-electron chi connectivity index (χ1n) is 9.47. The lowest BCUT2D eigenvalue weighted by Crippen LogP contribution is -2.48. The standard InChI is InChI=1S/C23H32S2/c1-13-11-15-17-18(20(5,6)21(7,8)19(17,3)4)16-12-14(2)25-23(16,10)22(15,9)24-13/h11-12H,1-10H3. The number of thioether (sulfide) groups is 2. The van der Waals surface area contributed by atoms with Crippen LogP contribution in [0.1, 0.15) is 69.2 Å². The van der Waals surface area contributed by atoms with E-state index in [0.717, 1.165) is 0 Å². The predicted octanol–water partition coefficient (Wildman–Crippen LogP) is 7.50. The average molecular weight is 373 g/mol. The third-order valence-electron chi connectivity index (χ3n) is 8.53. The molecular formula is C23H32S2. The number of rotatable bonds is 0. The Hall–Kier alpha value is -0.340. The molecule has 0 spiro atoms. The molecule has 2 aliphatic heterocycles. The third kappa shape index (κ3) is 1.71. The van der Waals surface area contributed by atoms with E-state index in [1.165, 1.54) is 9.81 Å². The highest BCUT2D eigenvalue weighted by atomic mass is 32.2. The molecule has 2 aliphatic carbocycles. The third-order valence-corrected chi connectivity index (χ3v) is 11.6. The van der Waals surface area contributed by atoms with Crippen LogP contribution in [-0.4, -0.2) is 9.49 Å². The van der Waals surface area contributed by atoms with Crippen molar-refractivity contribution in [2.24, 2.45) is 16.2 Å². The molecular weight excluding hydrogens is 340 g/mol. The van der Waals surface area contributed by atoms with Gasteiger partial charge in [0, 0.05) is 0 Å². The first-order chi connectivity index (χ1) is 11.2. The van der Waals surface area contributed by atoms with Crippen LogP contribution in [0.5, 0.6) is 0 Å². The summed E-state index contributed by atoms with van der Waals surface area (Å²) in [7, 11) is 0. The van der Waals surface area contributed by atoms with E-state index in [1.807, 2.05) is 0 Å². The van der Waals surface area contributed by atoms with E-state index in [4.69, 9.17) is 0 Å². The van der Waals surface area contributed by atoms with Crippen molar-refractivity contribution in [1.82, 2.24) is 0 Å². The maximum absolute atomic E-state index is 2.51. The second-order valence-electron chi connectivity index (χ2n) is 10.2. The van der Waals surface area contributed by atoms with Gasteiger partial charge in [0.25, 0.3) is 0 Å². The average Bonchev–Trinajstić information content (AvgIpc) is 2.95. The van der Waals surface area contributed by atoms with E-state index in [-0.39, 0.29) is 25.7 Å². The van der Waals surface area contributed by atoms with Gasteiger partial charge in [-0.1, -0.05) is 41.5 Å². The molecule has 0 radical (unpaired) electrons. The van der Waals surface area contributed by atoms with Gasteiger partial charge in [0.05, 0.1) is 9.49 Å². The molecule has 0 aromatic rings. The molecule has 2 atom stereocenters. The van der Waals surface area contributed by atoms with Crippen LogP contribution >= 0.6 is 23.5 Å². The maximum atomic E-state index is 2.51. The summed E-state index contributed by atoms with van der Waals surface area (Å²) < 4.78 is 0.246. The number of hydrogen-bond donors (Lipinski definition) is 0. The zero-order valence-electron chi connectivity index (χ0n) is 17.5. The van der Waals surface area contributed by atoms with Crippen LogP contribution in [0.25, 0.3) is 0 Å². The molecule has 0 nitrogen and oxygen atoms in total. The molecule has 4 rings (SSSR count). The van der Waals surface area contributed by atoms with Crippen LogP contribution in [0, 0.1) is 16.2 Å². The fraction of sp³-hybridized carbons (Fsp3) is 0.652. The second-order valence-corrected chi connectivity index (χ2v) is 13.6. The van der Waals surface area contributed by atoms with Crippen molar-refractivity contribution in [2.75, 3.05) is 0 Å². The Morgan fingerprint density at radius 1 is 0.600 bits per heavy atom. The van der Waals surface area contributed by atoms with Gasteiger partial charge in [0.2, 0.25) is 0 Å². The Morgan fingerprint density at radius 2 is 0.920 bits per heavy atom. The highest BCUT2D eigenvalue weighted by Crippen LogP contribution is 2.76. The lowest BCUT2D eigenvalue weighted by molar-refractivity contribution is 0.0748. The fourth-order valence-electron chi connectivity index (χ4n) is 5.80. The van der Waals surface area contributed by atoms with Gasteiger partial charge in [-0.15, -0.1) is 23.5 Å². The fourth-order valence-corrected chi connectivity index (χ4v) is 8.84. The molecule has 2 unspecified atom stereocenters. The summed E-state index contributed by atoms with van der Waals surface area (Å²) in [5.41, 5.74) is 7.04. The molecule has 0 saturated heterocycles. The first-order valence-corrected chi connectivity index (χ1v) is 11.1. The van der Waals surface area contributed by atoms with E-state index >= 15 is 0 Å². The van der Waals surface area contributed by atoms with E-state index in [9.17, 15) is 0 Å². The van der Waals surface area contributed by atoms with Crippen LogP contribution in [-0.2, 0) is 0 Å². The Kier molecular flexibility index (Phi) is 3.29. The van der Waals surface area contributed by atoms with Gasteiger partial charge in [-0.2, -0.15) is 0 Å². The normalized spacial score (nSPS) is 39.9. The maximum Gasteiger partial charge on any atom is 0.0615 e. The van der Waals surface area contributed by atoms with Gasteiger partial charge in [0.1, 0.15) is 0 Å². The highest BCUT2D eigenvalue weighted by Gasteiger charge is 2.67. The predicted molar refractivity (Wildman–Crippen MR) is 115 cm³/mol. The molecule has 0 amide bonds. The summed E-state index contributed by atoms with van der Waals surface area (Å²) >= 11 is 4.19. The number of fused-ring (bicyclic) bond motifs is 4. The van der Waals surface area contributed by atoms with Crippen LogP contribution in [0.4, 0.5) is 0 Å². The van der Waals surface area contributed by atoms with Crippen molar-refractivity contribution in [3.8, 4) is 0 Å². The van der Waals surface area contributed by atoms with Gasteiger partial charge in [-0.05, 0) is 88.2 Å². The molecule has 1 saturated carbocycles. The Bertz CT molecular complexity index is 760. The minimum absolute atomic E-state index is 0.123. The molecule has 0 aromatic heterocycles. The summed E-state index contributed by atoms with van der Waals surface area (Å²) in [6, 6.07) is 0. The lowest BCUT2D eigenvalue weighted by atomic mass is 9.60. The minimum Gasteiger partial charge on any atom is -0.118 e. The van der Waals surface area contributed by atoms with E-state index in [2.05, 4.69) is 105 Å².